The van der Waals surface area contributed by atoms with Crippen LogP contribution in [0.15, 0.2) is 16.3 Å². The van der Waals surface area contributed by atoms with Crippen molar-refractivity contribution in [2.75, 3.05) is 11.4 Å². The highest BCUT2D eigenvalue weighted by atomic mass is 35.5. The van der Waals surface area contributed by atoms with E-state index in [1.165, 1.54) is 6.33 Å². The molecule has 0 spiro atoms. The first-order valence-electron chi connectivity index (χ1n) is 5.43. The van der Waals surface area contributed by atoms with Crippen LogP contribution in [-0.2, 0) is 0 Å². The number of hydrogen-bond acceptors (Lipinski definition) is 5. The monoisotopic (exact) mass is 273 g/mol. The second kappa shape index (κ2) is 6.25. The van der Waals surface area contributed by atoms with Crippen molar-refractivity contribution in [1.29, 1.82) is 0 Å². The summed E-state index contributed by atoms with van der Waals surface area (Å²) in [6.45, 7) is 4.32. The molecule has 0 fully saturated rings. The normalized spacial score (nSPS) is 11.9. The number of aromatic amines is 1. The summed E-state index contributed by atoms with van der Waals surface area (Å²) >= 11 is 5.92. The van der Waals surface area contributed by atoms with Gasteiger partial charge in [0.25, 0.3) is 5.56 Å². The van der Waals surface area contributed by atoms with Crippen LogP contribution in [0.5, 0.6) is 0 Å². The fourth-order valence-electron chi connectivity index (χ4n) is 1.47. The minimum absolute atomic E-state index is 0.0331. The minimum atomic E-state index is -0.392. The number of aromatic nitrogens is 2. The van der Waals surface area contributed by atoms with Crippen molar-refractivity contribution in [3.8, 4) is 0 Å². The van der Waals surface area contributed by atoms with Crippen LogP contribution < -0.4 is 16.2 Å². The Balaban J connectivity index is 2.98. The third kappa shape index (κ3) is 3.36. The maximum absolute atomic E-state index is 11.4. The van der Waals surface area contributed by atoms with Crippen LogP contribution in [0.25, 0.3) is 0 Å². The molecule has 18 heavy (non-hydrogen) atoms. The van der Waals surface area contributed by atoms with Gasteiger partial charge >= 0.3 is 0 Å². The topological polar surface area (TPSA) is 108 Å². The predicted molar refractivity (Wildman–Crippen MR) is 70.4 cm³/mol. The van der Waals surface area contributed by atoms with E-state index in [-0.39, 0.29) is 16.9 Å². The first kappa shape index (κ1) is 14.3. The number of rotatable bonds is 5. The van der Waals surface area contributed by atoms with E-state index in [0.717, 1.165) is 0 Å². The predicted octanol–water partition coefficient (Wildman–Crippen LogP) is 0.775. The van der Waals surface area contributed by atoms with Crippen LogP contribution in [0, 0.1) is 0 Å². The summed E-state index contributed by atoms with van der Waals surface area (Å²) < 4.78 is 0. The zero-order chi connectivity index (χ0) is 13.7. The molecular weight excluding hydrogens is 258 g/mol. The van der Waals surface area contributed by atoms with Gasteiger partial charge in [0, 0.05) is 19.0 Å². The number of anilines is 1. The second-order valence-corrected chi connectivity index (χ2v) is 4.38. The van der Waals surface area contributed by atoms with Crippen LogP contribution in [0.2, 0.25) is 5.02 Å². The molecule has 1 aromatic heterocycles. The standard InChI is InChI=1S/C10H16ClN5O2/c1-6(2)16(4-3-7(12)15-18)9-8(11)10(17)14-5-13-9/h5-6,18H,3-4H2,1-2H3,(H2,12,15)(H,13,14,17). The van der Waals surface area contributed by atoms with Crippen molar-refractivity contribution in [3.05, 3.63) is 21.7 Å². The Labute approximate surface area is 109 Å². The Kier molecular flexibility index (Phi) is 4.96. The molecule has 0 aliphatic carbocycles. The summed E-state index contributed by atoms with van der Waals surface area (Å²) in [5.74, 6) is 0.503. The van der Waals surface area contributed by atoms with E-state index in [0.29, 0.717) is 18.8 Å². The SMILES string of the molecule is CC(C)N(CCC(N)=NO)c1nc[nH]c(=O)c1Cl. The van der Waals surface area contributed by atoms with E-state index in [1.807, 2.05) is 18.7 Å². The van der Waals surface area contributed by atoms with Gasteiger partial charge in [-0.15, -0.1) is 0 Å². The Morgan fingerprint density at radius 1 is 1.72 bits per heavy atom. The van der Waals surface area contributed by atoms with Gasteiger partial charge in [-0.1, -0.05) is 16.8 Å². The maximum atomic E-state index is 11.4. The number of amidine groups is 1. The van der Waals surface area contributed by atoms with Gasteiger partial charge in [-0.25, -0.2) is 4.98 Å². The summed E-state index contributed by atoms with van der Waals surface area (Å²) in [7, 11) is 0. The zero-order valence-corrected chi connectivity index (χ0v) is 11.0. The lowest BCUT2D eigenvalue weighted by atomic mass is 10.2. The second-order valence-electron chi connectivity index (χ2n) is 4.00. The van der Waals surface area contributed by atoms with Gasteiger partial charge in [0.1, 0.15) is 10.9 Å². The molecule has 1 aromatic rings. The van der Waals surface area contributed by atoms with Gasteiger partial charge in [0.2, 0.25) is 0 Å². The van der Waals surface area contributed by atoms with E-state index in [4.69, 9.17) is 22.5 Å². The molecule has 1 heterocycles. The molecule has 0 atom stereocenters. The van der Waals surface area contributed by atoms with E-state index < -0.39 is 5.56 Å². The first-order valence-corrected chi connectivity index (χ1v) is 5.81. The van der Waals surface area contributed by atoms with Gasteiger partial charge in [0.05, 0.1) is 6.33 Å². The fourth-order valence-corrected chi connectivity index (χ4v) is 1.68. The van der Waals surface area contributed by atoms with E-state index >= 15 is 0 Å². The highest BCUT2D eigenvalue weighted by Gasteiger charge is 2.17. The Hall–Kier alpha value is -1.76. The number of nitrogens with zero attached hydrogens (tertiary/aromatic N) is 3. The molecule has 0 bridgehead atoms. The highest BCUT2D eigenvalue weighted by molar-refractivity contribution is 6.32. The molecule has 0 saturated heterocycles. The molecule has 0 saturated carbocycles. The first-order chi connectivity index (χ1) is 8.47. The number of hydrogen-bond donors (Lipinski definition) is 3. The van der Waals surface area contributed by atoms with Crippen molar-refractivity contribution in [3.63, 3.8) is 0 Å². The molecule has 7 nitrogen and oxygen atoms in total. The van der Waals surface area contributed by atoms with E-state index in [9.17, 15) is 4.79 Å². The number of oxime groups is 1. The molecule has 0 radical (unpaired) electrons. The van der Waals surface area contributed by atoms with E-state index in [2.05, 4.69) is 15.1 Å². The van der Waals surface area contributed by atoms with Crippen molar-refractivity contribution in [2.45, 2.75) is 26.3 Å². The Morgan fingerprint density at radius 3 is 2.94 bits per heavy atom. The number of halogens is 1. The Bertz CT molecular complexity index is 485. The van der Waals surface area contributed by atoms with Crippen molar-refractivity contribution in [1.82, 2.24) is 9.97 Å². The molecule has 1 rings (SSSR count). The van der Waals surface area contributed by atoms with Crippen molar-refractivity contribution in [2.24, 2.45) is 10.9 Å². The summed E-state index contributed by atoms with van der Waals surface area (Å²) in [5.41, 5.74) is 5.03. The lowest BCUT2D eigenvalue weighted by Gasteiger charge is -2.27. The molecule has 0 aliphatic heterocycles. The summed E-state index contributed by atoms with van der Waals surface area (Å²) in [6, 6.07) is 0.0725. The van der Waals surface area contributed by atoms with E-state index in [1.54, 1.807) is 0 Å². The molecule has 4 N–H and O–H groups in total. The van der Waals surface area contributed by atoms with Crippen molar-refractivity contribution >= 4 is 23.3 Å². The quantitative estimate of drug-likeness (QED) is 0.318. The number of H-pyrrole nitrogens is 1. The maximum Gasteiger partial charge on any atom is 0.271 e. The molecule has 0 amide bonds. The summed E-state index contributed by atoms with van der Waals surface area (Å²) in [6.07, 6.45) is 1.64. The smallest absolute Gasteiger partial charge is 0.271 e. The molecule has 0 aromatic carbocycles. The largest absolute Gasteiger partial charge is 0.409 e. The zero-order valence-electron chi connectivity index (χ0n) is 10.2. The third-order valence-corrected chi connectivity index (χ3v) is 2.75. The highest BCUT2D eigenvalue weighted by Crippen LogP contribution is 2.20. The van der Waals surface area contributed by atoms with Crippen LogP contribution in [0.1, 0.15) is 20.3 Å². The summed E-state index contributed by atoms with van der Waals surface area (Å²) in [5, 5.41) is 11.4. The fraction of sp³-hybridized carbons (Fsp3) is 0.500. The minimum Gasteiger partial charge on any atom is -0.409 e. The molecular formula is C10H16ClN5O2. The van der Waals surface area contributed by atoms with Crippen LogP contribution >= 0.6 is 11.6 Å². The van der Waals surface area contributed by atoms with Gasteiger partial charge in [-0.2, -0.15) is 0 Å². The number of nitrogens with one attached hydrogen (secondary N) is 1. The molecule has 8 heteroatoms. The Morgan fingerprint density at radius 2 is 2.39 bits per heavy atom. The lowest BCUT2D eigenvalue weighted by Crippen LogP contribution is -2.35. The van der Waals surface area contributed by atoms with Crippen molar-refractivity contribution < 1.29 is 5.21 Å². The molecule has 0 aliphatic rings. The van der Waals surface area contributed by atoms with Crippen LogP contribution in [-0.4, -0.2) is 33.6 Å². The van der Waals surface area contributed by atoms with Gasteiger partial charge in [0.15, 0.2) is 5.82 Å². The van der Waals surface area contributed by atoms with Crippen LogP contribution in [0.3, 0.4) is 0 Å². The van der Waals surface area contributed by atoms with Crippen LogP contribution in [0.4, 0.5) is 5.82 Å². The third-order valence-electron chi connectivity index (χ3n) is 2.41. The number of nitrogens with two attached hydrogens (primary N) is 1. The average Bonchev–Trinajstić information content (AvgIpc) is 2.33. The van der Waals surface area contributed by atoms with Gasteiger partial charge in [-0.3, -0.25) is 4.79 Å². The summed E-state index contributed by atoms with van der Waals surface area (Å²) in [4.78, 5) is 19.7. The average molecular weight is 274 g/mol. The van der Waals surface area contributed by atoms with Gasteiger partial charge in [-0.05, 0) is 13.8 Å². The lowest BCUT2D eigenvalue weighted by molar-refractivity contribution is 0.317. The molecule has 0 unspecified atom stereocenters. The molecule has 100 valence electrons. The van der Waals surface area contributed by atoms with Gasteiger partial charge < -0.3 is 20.8 Å².